The summed E-state index contributed by atoms with van der Waals surface area (Å²) in [6.07, 6.45) is 0. The lowest BCUT2D eigenvalue weighted by Crippen LogP contribution is -2.15. The van der Waals surface area contributed by atoms with Crippen molar-refractivity contribution in [3.8, 4) is 0 Å². The Labute approximate surface area is 65.5 Å². The second-order valence-corrected chi connectivity index (χ2v) is 2.00. The molecule has 0 aromatic carbocycles. The lowest BCUT2D eigenvalue weighted by atomic mass is 10.5. The topological polar surface area (TPSA) is 52.6 Å². The van der Waals surface area contributed by atoms with Gasteiger partial charge in [0.1, 0.15) is 13.2 Å². The van der Waals surface area contributed by atoms with E-state index in [9.17, 15) is 9.59 Å². The standard InChI is InChI=1S/C7H12O4/c1-3-11-7(9)5-10-4-6(2)8/h3-5H2,1-2H3. The van der Waals surface area contributed by atoms with Gasteiger partial charge in [-0.2, -0.15) is 0 Å². The van der Waals surface area contributed by atoms with Crippen molar-refractivity contribution in [3.63, 3.8) is 0 Å². The molecule has 0 amide bonds. The van der Waals surface area contributed by atoms with Crippen LogP contribution < -0.4 is 0 Å². The summed E-state index contributed by atoms with van der Waals surface area (Å²) >= 11 is 0. The van der Waals surface area contributed by atoms with Crippen molar-refractivity contribution in [1.29, 1.82) is 0 Å². The summed E-state index contributed by atoms with van der Waals surface area (Å²) in [6.45, 7) is 3.27. The van der Waals surface area contributed by atoms with Crippen molar-refractivity contribution in [3.05, 3.63) is 0 Å². The van der Waals surface area contributed by atoms with Crippen molar-refractivity contribution in [2.24, 2.45) is 0 Å². The largest absolute Gasteiger partial charge is 0.464 e. The predicted octanol–water partition coefficient (Wildman–Crippen LogP) is 0.155. The summed E-state index contributed by atoms with van der Waals surface area (Å²) in [5.74, 6) is -0.539. The zero-order valence-corrected chi connectivity index (χ0v) is 6.75. The van der Waals surface area contributed by atoms with E-state index in [2.05, 4.69) is 9.47 Å². The highest BCUT2D eigenvalue weighted by Gasteiger charge is 2.01. The van der Waals surface area contributed by atoms with Crippen molar-refractivity contribution in [1.82, 2.24) is 0 Å². The molecule has 11 heavy (non-hydrogen) atoms. The Hall–Kier alpha value is -0.900. The molecule has 4 heteroatoms. The summed E-state index contributed by atoms with van der Waals surface area (Å²) in [6, 6.07) is 0. The maximum Gasteiger partial charge on any atom is 0.332 e. The highest BCUT2D eigenvalue weighted by atomic mass is 16.6. The van der Waals surface area contributed by atoms with E-state index in [4.69, 9.17) is 0 Å². The molecule has 64 valence electrons. The lowest BCUT2D eigenvalue weighted by molar-refractivity contribution is -0.149. The number of rotatable bonds is 5. The van der Waals surface area contributed by atoms with Gasteiger partial charge in [-0.05, 0) is 13.8 Å². The SMILES string of the molecule is CCOC(=O)COCC(C)=O. The van der Waals surface area contributed by atoms with Crippen LogP contribution in [-0.4, -0.2) is 31.6 Å². The van der Waals surface area contributed by atoms with Crippen LogP contribution >= 0.6 is 0 Å². The fourth-order valence-corrected chi connectivity index (χ4v) is 0.481. The number of carbonyl (C=O) groups excluding carboxylic acids is 2. The number of ketones is 1. The van der Waals surface area contributed by atoms with E-state index in [0.29, 0.717) is 6.61 Å². The van der Waals surface area contributed by atoms with Crippen LogP contribution in [0.15, 0.2) is 0 Å². The Morgan fingerprint density at radius 1 is 1.27 bits per heavy atom. The van der Waals surface area contributed by atoms with Gasteiger partial charge in [-0.3, -0.25) is 4.79 Å². The molecule has 0 aromatic rings. The molecule has 0 unspecified atom stereocenters. The van der Waals surface area contributed by atoms with Crippen molar-refractivity contribution in [2.45, 2.75) is 13.8 Å². The van der Waals surface area contributed by atoms with Gasteiger partial charge in [0.25, 0.3) is 0 Å². The molecule has 0 heterocycles. The number of esters is 1. The minimum Gasteiger partial charge on any atom is -0.464 e. The van der Waals surface area contributed by atoms with Crippen LogP contribution in [-0.2, 0) is 19.1 Å². The molecule has 0 bridgehead atoms. The first-order valence-electron chi connectivity index (χ1n) is 3.39. The molecular weight excluding hydrogens is 148 g/mol. The Morgan fingerprint density at radius 2 is 1.91 bits per heavy atom. The van der Waals surface area contributed by atoms with Crippen molar-refractivity contribution >= 4 is 11.8 Å². The van der Waals surface area contributed by atoms with E-state index in [1.54, 1.807) is 6.92 Å². The highest BCUT2D eigenvalue weighted by molar-refractivity contribution is 5.77. The first kappa shape index (κ1) is 10.1. The van der Waals surface area contributed by atoms with Crippen molar-refractivity contribution < 1.29 is 19.1 Å². The fraction of sp³-hybridized carbons (Fsp3) is 0.714. The Balaban J connectivity index is 3.24. The average molecular weight is 160 g/mol. The zero-order chi connectivity index (χ0) is 8.69. The van der Waals surface area contributed by atoms with Gasteiger partial charge in [0, 0.05) is 0 Å². The van der Waals surface area contributed by atoms with Crippen LogP contribution in [0.1, 0.15) is 13.8 Å². The molecule has 0 aromatic heterocycles. The van der Waals surface area contributed by atoms with Crippen LogP contribution in [0.5, 0.6) is 0 Å². The number of Topliss-reactive ketones (excluding diaryl/α,β-unsaturated/α-hetero) is 1. The summed E-state index contributed by atoms with van der Waals surface area (Å²) in [5.41, 5.74) is 0. The molecule has 0 fully saturated rings. The van der Waals surface area contributed by atoms with Gasteiger partial charge in [0.05, 0.1) is 6.61 Å². The average Bonchev–Trinajstić information content (AvgIpc) is 1.87. The van der Waals surface area contributed by atoms with Gasteiger partial charge in [-0.25, -0.2) is 4.79 Å². The first-order chi connectivity index (χ1) is 5.16. The van der Waals surface area contributed by atoms with Crippen LogP contribution in [0.2, 0.25) is 0 Å². The molecule has 0 rings (SSSR count). The second kappa shape index (κ2) is 5.85. The molecular formula is C7H12O4. The summed E-state index contributed by atoms with van der Waals surface area (Å²) in [4.78, 5) is 20.9. The normalized spacial score (nSPS) is 9.27. The monoisotopic (exact) mass is 160 g/mol. The molecule has 0 spiro atoms. The van der Waals surface area contributed by atoms with E-state index in [1.807, 2.05) is 0 Å². The molecule has 0 aliphatic heterocycles. The third kappa shape index (κ3) is 6.99. The molecule has 0 radical (unpaired) electrons. The van der Waals surface area contributed by atoms with Crippen LogP contribution in [0, 0.1) is 0 Å². The van der Waals surface area contributed by atoms with Crippen LogP contribution in [0.3, 0.4) is 0 Å². The van der Waals surface area contributed by atoms with Gasteiger partial charge in [-0.15, -0.1) is 0 Å². The van der Waals surface area contributed by atoms with Gasteiger partial charge in [0.15, 0.2) is 5.78 Å². The maximum absolute atomic E-state index is 10.6. The quantitative estimate of drug-likeness (QED) is 0.537. The molecule has 0 aliphatic rings. The Morgan fingerprint density at radius 3 is 2.36 bits per heavy atom. The minimum absolute atomic E-state index is 0.0290. The number of hydrogen-bond acceptors (Lipinski definition) is 4. The molecule has 0 atom stereocenters. The first-order valence-corrected chi connectivity index (χ1v) is 3.39. The Kier molecular flexibility index (Phi) is 5.37. The van der Waals surface area contributed by atoms with E-state index in [-0.39, 0.29) is 19.0 Å². The van der Waals surface area contributed by atoms with E-state index >= 15 is 0 Å². The molecule has 0 N–H and O–H groups in total. The van der Waals surface area contributed by atoms with Gasteiger partial charge in [0.2, 0.25) is 0 Å². The summed E-state index contributed by atoms with van der Waals surface area (Å²) < 4.78 is 9.23. The third-order valence-electron chi connectivity index (χ3n) is 0.831. The van der Waals surface area contributed by atoms with Crippen LogP contribution in [0.25, 0.3) is 0 Å². The van der Waals surface area contributed by atoms with Crippen LogP contribution in [0.4, 0.5) is 0 Å². The zero-order valence-electron chi connectivity index (χ0n) is 6.75. The molecule has 4 nitrogen and oxygen atoms in total. The fourth-order valence-electron chi connectivity index (χ4n) is 0.481. The van der Waals surface area contributed by atoms with Crippen molar-refractivity contribution in [2.75, 3.05) is 19.8 Å². The van der Waals surface area contributed by atoms with E-state index in [1.165, 1.54) is 6.92 Å². The lowest BCUT2D eigenvalue weighted by Gasteiger charge is -2.00. The summed E-state index contributed by atoms with van der Waals surface area (Å²) in [7, 11) is 0. The maximum atomic E-state index is 10.6. The predicted molar refractivity (Wildman–Crippen MR) is 38.1 cm³/mol. The number of hydrogen-bond donors (Lipinski definition) is 0. The molecule has 0 aliphatic carbocycles. The minimum atomic E-state index is -0.436. The van der Waals surface area contributed by atoms with Gasteiger partial charge < -0.3 is 9.47 Å². The summed E-state index contributed by atoms with van der Waals surface area (Å²) in [5, 5.41) is 0. The smallest absolute Gasteiger partial charge is 0.332 e. The van der Waals surface area contributed by atoms with E-state index < -0.39 is 5.97 Å². The molecule has 0 saturated carbocycles. The Bertz CT molecular complexity index is 141. The van der Waals surface area contributed by atoms with Gasteiger partial charge >= 0.3 is 5.97 Å². The van der Waals surface area contributed by atoms with Gasteiger partial charge in [-0.1, -0.05) is 0 Å². The molecule has 0 saturated heterocycles. The number of carbonyl (C=O) groups is 2. The number of ether oxygens (including phenoxy) is 2. The highest BCUT2D eigenvalue weighted by Crippen LogP contribution is 1.81. The van der Waals surface area contributed by atoms with E-state index in [0.717, 1.165) is 0 Å². The second-order valence-electron chi connectivity index (χ2n) is 2.00. The third-order valence-corrected chi connectivity index (χ3v) is 0.831.